The predicted molar refractivity (Wildman–Crippen MR) is 74.3 cm³/mol. The van der Waals surface area contributed by atoms with Crippen molar-refractivity contribution in [3.05, 3.63) is 30.6 Å². The quantitative estimate of drug-likeness (QED) is 0.815. The van der Waals surface area contributed by atoms with Gasteiger partial charge in [0.2, 0.25) is 0 Å². The van der Waals surface area contributed by atoms with Crippen molar-refractivity contribution in [3.8, 4) is 0 Å². The minimum Gasteiger partial charge on any atom is -0.397 e. The van der Waals surface area contributed by atoms with Gasteiger partial charge in [0.05, 0.1) is 5.69 Å². The van der Waals surface area contributed by atoms with E-state index in [1.807, 2.05) is 30.2 Å². The fourth-order valence-corrected chi connectivity index (χ4v) is 3.77. The van der Waals surface area contributed by atoms with Gasteiger partial charge >= 0.3 is 0 Å². The zero-order chi connectivity index (χ0) is 11.7. The number of anilines is 1. The van der Waals surface area contributed by atoms with Crippen molar-refractivity contribution in [1.82, 2.24) is 4.98 Å². The molecule has 0 saturated heterocycles. The van der Waals surface area contributed by atoms with E-state index in [9.17, 15) is 0 Å². The van der Waals surface area contributed by atoms with Crippen molar-refractivity contribution in [2.45, 2.75) is 35.8 Å². The highest BCUT2D eigenvalue weighted by atomic mass is 32.2. The number of nitrogens with zero attached hydrogens (tertiary/aromatic N) is 1. The number of hydrogen-bond donors (Lipinski definition) is 1. The first-order valence-corrected chi connectivity index (χ1v) is 7.01. The maximum Gasteiger partial charge on any atom is 0.0533 e. The van der Waals surface area contributed by atoms with E-state index in [0.29, 0.717) is 0 Å². The molecule has 0 spiro atoms. The summed E-state index contributed by atoms with van der Waals surface area (Å²) in [6.45, 7) is 0. The van der Waals surface area contributed by atoms with Gasteiger partial charge in [-0.15, -0.1) is 11.8 Å². The Labute approximate surface area is 106 Å². The first-order valence-electron chi connectivity index (χ1n) is 6.13. The Morgan fingerprint density at radius 2 is 2.00 bits per heavy atom. The second-order valence-electron chi connectivity index (χ2n) is 4.60. The Kier molecular flexibility index (Phi) is 2.93. The van der Waals surface area contributed by atoms with Crippen LogP contribution in [0.1, 0.15) is 25.7 Å². The monoisotopic (exact) mass is 244 g/mol. The van der Waals surface area contributed by atoms with E-state index in [-0.39, 0.29) is 0 Å². The zero-order valence-corrected chi connectivity index (χ0v) is 10.5. The highest BCUT2D eigenvalue weighted by Gasteiger charge is 2.17. The number of aromatic nitrogens is 1. The van der Waals surface area contributed by atoms with Crippen molar-refractivity contribution in [3.63, 3.8) is 0 Å². The Morgan fingerprint density at radius 1 is 1.18 bits per heavy atom. The Balaban J connectivity index is 1.96. The lowest BCUT2D eigenvalue weighted by Gasteiger charge is -2.12. The number of rotatable bonds is 2. The molecule has 17 heavy (non-hydrogen) atoms. The van der Waals surface area contributed by atoms with E-state index in [1.165, 1.54) is 30.6 Å². The number of fused-ring (bicyclic) bond motifs is 1. The highest BCUT2D eigenvalue weighted by Crippen LogP contribution is 2.39. The Bertz CT molecular complexity index is 533. The van der Waals surface area contributed by atoms with E-state index in [4.69, 9.17) is 5.73 Å². The van der Waals surface area contributed by atoms with E-state index < -0.39 is 0 Å². The summed E-state index contributed by atoms with van der Waals surface area (Å²) < 4.78 is 0. The minimum absolute atomic E-state index is 0.761. The first kappa shape index (κ1) is 10.9. The molecule has 2 aromatic rings. The van der Waals surface area contributed by atoms with Gasteiger partial charge in [-0.05, 0) is 25.0 Å². The van der Waals surface area contributed by atoms with Crippen LogP contribution >= 0.6 is 11.8 Å². The number of nitrogen functional groups attached to an aromatic ring is 1. The molecule has 1 fully saturated rings. The Hall–Kier alpha value is -1.22. The largest absolute Gasteiger partial charge is 0.397 e. The van der Waals surface area contributed by atoms with Crippen LogP contribution in [-0.4, -0.2) is 10.2 Å². The molecule has 3 heteroatoms. The number of nitrogens with two attached hydrogens (primary N) is 1. The smallest absolute Gasteiger partial charge is 0.0533 e. The molecule has 0 bridgehead atoms. The number of pyridine rings is 1. The van der Waals surface area contributed by atoms with Gasteiger partial charge in [-0.1, -0.05) is 18.9 Å². The molecule has 0 aliphatic heterocycles. The van der Waals surface area contributed by atoms with Crippen LogP contribution in [0.2, 0.25) is 0 Å². The second-order valence-corrected chi connectivity index (χ2v) is 5.94. The van der Waals surface area contributed by atoms with Crippen LogP contribution in [-0.2, 0) is 0 Å². The SMILES string of the molecule is Nc1c(SC2CCCC2)ccc2cnccc12. The third-order valence-corrected chi connectivity index (χ3v) is 4.83. The number of benzene rings is 1. The predicted octanol–water partition coefficient (Wildman–Crippen LogP) is 3.85. The third kappa shape index (κ3) is 2.12. The molecular weight excluding hydrogens is 228 g/mol. The molecule has 1 heterocycles. The molecule has 1 aliphatic carbocycles. The van der Waals surface area contributed by atoms with Crippen molar-refractivity contribution in [1.29, 1.82) is 0 Å². The van der Waals surface area contributed by atoms with Gasteiger partial charge in [-0.3, -0.25) is 4.98 Å². The van der Waals surface area contributed by atoms with E-state index in [0.717, 1.165) is 21.7 Å². The lowest BCUT2D eigenvalue weighted by molar-refractivity contribution is 0.886. The van der Waals surface area contributed by atoms with Gasteiger partial charge in [-0.25, -0.2) is 0 Å². The minimum atomic E-state index is 0.761. The normalized spacial score (nSPS) is 16.7. The van der Waals surface area contributed by atoms with Gasteiger partial charge in [0.1, 0.15) is 0 Å². The van der Waals surface area contributed by atoms with E-state index in [1.54, 1.807) is 0 Å². The zero-order valence-electron chi connectivity index (χ0n) is 9.73. The molecule has 2 nitrogen and oxygen atoms in total. The van der Waals surface area contributed by atoms with Crippen LogP contribution in [0.25, 0.3) is 10.8 Å². The molecule has 3 rings (SSSR count). The summed E-state index contributed by atoms with van der Waals surface area (Å²) in [6.07, 6.45) is 9.08. The van der Waals surface area contributed by atoms with Crippen LogP contribution in [0.4, 0.5) is 5.69 Å². The van der Waals surface area contributed by atoms with Crippen LogP contribution in [0.3, 0.4) is 0 Å². The molecule has 1 saturated carbocycles. The average Bonchev–Trinajstić information content (AvgIpc) is 2.86. The van der Waals surface area contributed by atoms with E-state index >= 15 is 0 Å². The van der Waals surface area contributed by atoms with Gasteiger partial charge in [-0.2, -0.15) is 0 Å². The second kappa shape index (κ2) is 4.57. The first-order chi connectivity index (χ1) is 8.34. The summed E-state index contributed by atoms with van der Waals surface area (Å²) in [6, 6.07) is 6.27. The van der Waals surface area contributed by atoms with Gasteiger partial charge < -0.3 is 5.73 Å². The topological polar surface area (TPSA) is 38.9 Å². The lowest BCUT2D eigenvalue weighted by atomic mass is 10.1. The molecule has 0 amide bonds. The molecule has 1 aromatic carbocycles. The van der Waals surface area contributed by atoms with Crippen LogP contribution < -0.4 is 5.73 Å². The summed E-state index contributed by atoms with van der Waals surface area (Å²) in [7, 11) is 0. The fraction of sp³-hybridized carbons (Fsp3) is 0.357. The van der Waals surface area contributed by atoms with Crippen molar-refractivity contribution in [2.24, 2.45) is 0 Å². The summed E-state index contributed by atoms with van der Waals surface area (Å²) in [5, 5.41) is 3.01. The van der Waals surface area contributed by atoms with Crippen molar-refractivity contribution >= 4 is 28.2 Å². The third-order valence-electron chi connectivity index (χ3n) is 3.42. The standard InChI is InChI=1S/C14H16N2S/c15-14-12-7-8-16-9-10(12)5-6-13(14)17-11-3-1-2-4-11/h5-9,11H,1-4,15H2. The average molecular weight is 244 g/mol. The Morgan fingerprint density at radius 3 is 2.82 bits per heavy atom. The molecule has 0 unspecified atom stereocenters. The maximum atomic E-state index is 6.25. The highest BCUT2D eigenvalue weighted by molar-refractivity contribution is 8.00. The molecule has 0 atom stereocenters. The van der Waals surface area contributed by atoms with Crippen LogP contribution in [0.15, 0.2) is 35.5 Å². The molecule has 2 N–H and O–H groups in total. The molecule has 1 aliphatic rings. The summed E-state index contributed by atoms with van der Waals surface area (Å²) >= 11 is 1.95. The summed E-state index contributed by atoms with van der Waals surface area (Å²) in [5.41, 5.74) is 7.17. The summed E-state index contributed by atoms with van der Waals surface area (Å²) in [5.74, 6) is 0. The molecular formula is C14H16N2S. The molecule has 1 aromatic heterocycles. The number of hydrogen-bond acceptors (Lipinski definition) is 3. The van der Waals surface area contributed by atoms with E-state index in [2.05, 4.69) is 17.1 Å². The fourth-order valence-electron chi connectivity index (χ4n) is 2.46. The van der Waals surface area contributed by atoms with Crippen LogP contribution in [0, 0.1) is 0 Å². The van der Waals surface area contributed by atoms with Gasteiger partial charge in [0.15, 0.2) is 0 Å². The van der Waals surface area contributed by atoms with Gasteiger partial charge in [0.25, 0.3) is 0 Å². The molecule has 0 radical (unpaired) electrons. The molecule has 88 valence electrons. The van der Waals surface area contributed by atoms with Crippen LogP contribution in [0.5, 0.6) is 0 Å². The lowest BCUT2D eigenvalue weighted by Crippen LogP contribution is -1.97. The number of thioether (sulfide) groups is 1. The summed E-state index contributed by atoms with van der Waals surface area (Å²) in [4.78, 5) is 5.36. The van der Waals surface area contributed by atoms with Crippen molar-refractivity contribution in [2.75, 3.05) is 5.73 Å². The van der Waals surface area contributed by atoms with Gasteiger partial charge in [0, 0.05) is 33.3 Å². The van der Waals surface area contributed by atoms with Crippen molar-refractivity contribution < 1.29 is 0 Å². The maximum absolute atomic E-state index is 6.25.